The Labute approximate surface area is 199 Å². The van der Waals surface area contributed by atoms with Crippen LogP contribution in [0.15, 0.2) is 62.8 Å². The highest BCUT2D eigenvalue weighted by Crippen LogP contribution is 2.37. The lowest BCUT2D eigenvalue weighted by molar-refractivity contribution is -0.137. The molecule has 1 aromatic heterocycles. The minimum absolute atomic E-state index is 0.0202. The van der Waals surface area contributed by atoms with Crippen molar-refractivity contribution in [1.82, 2.24) is 5.32 Å². The maximum atomic E-state index is 12.9. The van der Waals surface area contributed by atoms with Gasteiger partial charge in [0.25, 0.3) is 5.91 Å². The van der Waals surface area contributed by atoms with E-state index in [1.165, 1.54) is 6.08 Å². The van der Waals surface area contributed by atoms with Gasteiger partial charge in [0.2, 0.25) is 0 Å². The number of furan rings is 1. The van der Waals surface area contributed by atoms with E-state index in [1.54, 1.807) is 30.3 Å². The summed E-state index contributed by atoms with van der Waals surface area (Å²) < 4.78 is 44.6. The number of amides is 1. The second kappa shape index (κ2) is 8.86. The summed E-state index contributed by atoms with van der Waals surface area (Å²) in [5.74, 6) is 0.347. The van der Waals surface area contributed by atoms with Crippen molar-refractivity contribution < 1.29 is 22.4 Å². The summed E-state index contributed by atoms with van der Waals surface area (Å²) in [5.41, 5.74) is -0.413. The molecule has 0 saturated carbocycles. The molecule has 164 valence electrons. The zero-order chi connectivity index (χ0) is 23.0. The first kappa shape index (κ1) is 22.8. The van der Waals surface area contributed by atoms with Crippen LogP contribution in [0.4, 0.5) is 18.9 Å². The zero-order valence-corrected chi connectivity index (χ0v) is 18.7. The van der Waals surface area contributed by atoms with E-state index in [0.717, 1.165) is 30.0 Å². The fraction of sp³-hybridized carbons (Fsp3) is 0.0476. The van der Waals surface area contributed by atoms with Crippen molar-refractivity contribution in [3.05, 3.63) is 79.8 Å². The summed E-state index contributed by atoms with van der Waals surface area (Å²) in [6.45, 7) is 0. The second-order valence-electron chi connectivity index (χ2n) is 6.47. The number of hydrogen-bond acceptors (Lipinski definition) is 4. The molecule has 11 heteroatoms. The Morgan fingerprint density at radius 1 is 1.00 bits per heavy atom. The first-order valence-electron chi connectivity index (χ1n) is 8.82. The molecule has 32 heavy (non-hydrogen) atoms. The third kappa shape index (κ3) is 4.99. The molecule has 0 radical (unpaired) electrons. The molecule has 0 unspecified atom stereocenters. The van der Waals surface area contributed by atoms with Crippen molar-refractivity contribution in [1.29, 1.82) is 0 Å². The van der Waals surface area contributed by atoms with E-state index in [0.29, 0.717) is 27.1 Å². The smallest absolute Gasteiger partial charge is 0.416 e. The number of carbonyl (C=O) groups excluding carboxylic acids is 1. The van der Waals surface area contributed by atoms with Crippen molar-refractivity contribution >= 4 is 69.4 Å². The molecule has 2 aromatic carbocycles. The second-order valence-corrected chi connectivity index (χ2v) is 8.75. The van der Waals surface area contributed by atoms with Gasteiger partial charge in [0.1, 0.15) is 11.5 Å². The van der Waals surface area contributed by atoms with Crippen molar-refractivity contribution in [3.63, 3.8) is 0 Å². The van der Waals surface area contributed by atoms with Crippen LogP contribution >= 0.6 is 46.6 Å². The van der Waals surface area contributed by atoms with Crippen LogP contribution in [0.5, 0.6) is 0 Å². The number of carbonyl (C=O) groups is 1. The average molecular weight is 518 g/mol. The van der Waals surface area contributed by atoms with E-state index in [2.05, 4.69) is 10.3 Å². The summed E-state index contributed by atoms with van der Waals surface area (Å²) in [6.07, 6.45) is -3.06. The van der Waals surface area contributed by atoms with Gasteiger partial charge in [0.05, 0.1) is 26.2 Å². The molecule has 4 nitrogen and oxygen atoms in total. The predicted molar refractivity (Wildman–Crippen MR) is 121 cm³/mol. The third-order valence-electron chi connectivity index (χ3n) is 4.24. The maximum Gasteiger partial charge on any atom is 0.416 e. The summed E-state index contributed by atoms with van der Waals surface area (Å²) >= 11 is 19.1. The van der Waals surface area contributed by atoms with Gasteiger partial charge >= 0.3 is 6.18 Å². The van der Waals surface area contributed by atoms with E-state index < -0.39 is 17.6 Å². The lowest BCUT2D eigenvalue weighted by Crippen LogP contribution is -2.19. The van der Waals surface area contributed by atoms with Gasteiger partial charge in [-0.05, 0) is 60.3 Å². The minimum atomic E-state index is -4.54. The number of nitrogens with one attached hydrogen (secondary N) is 1. The highest BCUT2D eigenvalue weighted by Gasteiger charge is 2.31. The number of halogens is 6. The molecule has 0 aliphatic carbocycles. The number of alkyl halides is 3. The van der Waals surface area contributed by atoms with Gasteiger partial charge in [-0.25, -0.2) is 4.99 Å². The SMILES string of the molecule is O=C1NC(=Nc2cc(C(F)(F)F)ccc2Cl)S/C1=C/c1ccc(-c2cc(Cl)ccc2Cl)o1. The van der Waals surface area contributed by atoms with Gasteiger partial charge in [-0.3, -0.25) is 4.79 Å². The van der Waals surface area contributed by atoms with Crippen molar-refractivity contribution in [3.8, 4) is 11.3 Å². The number of thioether (sulfide) groups is 1. The number of rotatable bonds is 3. The number of aliphatic imine (C=N–C) groups is 1. The molecule has 1 N–H and O–H groups in total. The number of nitrogens with zero attached hydrogens (tertiary/aromatic N) is 1. The molecule has 1 aliphatic rings. The molecule has 0 bridgehead atoms. The van der Waals surface area contributed by atoms with Crippen LogP contribution in [0.3, 0.4) is 0 Å². The van der Waals surface area contributed by atoms with Crippen molar-refractivity contribution in [2.75, 3.05) is 0 Å². The summed E-state index contributed by atoms with van der Waals surface area (Å²) in [6, 6.07) is 11.0. The van der Waals surface area contributed by atoms with Crippen LogP contribution < -0.4 is 5.32 Å². The molecule has 3 aromatic rings. The topological polar surface area (TPSA) is 54.6 Å². The molecule has 0 atom stereocenters. The molecule has 1 aliphatic heterocycles. The van der Waals surface area contributed by atoms with Gasteiger partial charge < -0.3 is 9.73 Å². The minimum Gasteiger partial charge on any atom is -0.457 e. The molecular formula is C21H10Cl3F3N2O2S. The van der Waals surface area contributed by atoms with Gasteiger partial charge in [-0.2, -0.15) is 13.2 Å². The molecule has 1 amide bonds. The Morgan fingerprint density at radius 2 is 1.75 bits per heavy atom. The number of hydrogen-bond donors (Lipinski definition) is 1. The van der Waals surface area contributed by atoms with Gasteiger partial charge in [-0.15, -0.1) is 0 Å². The standard InChI is InChI=1S/C21H10Cl3F3N2O2S/c22-11-2-5-14(23)13(8-11)17-6-3-12(31-17)9-18-19(30)29-20(32-18)28-16-7-10(21(25,26)27)1-4-15(16)24/h1-9H,(H,28,29,30)/b18-9+. The van der Waals surface area contributed by atoms with Crippen molar-refractivity contribution in [2.24, 2.45) is 4.99 Å². The first-order chi connectivity index (χ1) is 15.1. The average Bonchev–Trinajstić information content (AvgIpc) is 3.31. The fourth-order valence-electron chi connectivity index (χ4n) is 2.76. The summed E-state index contributed by atoms with van der Waals surface area (Å²) in [4.78, 5) is 16.6. The Bertz CT molecular complexity index is 1290. The third-order valence-corrected chi connectivity index (χ3v) is 6.03. The maximum absolute atomic E-state index is 12.9. The van der Waals surface area contributed by atoms with Crippen LogP contribution in [0.1, 0.15) is 11.3 Å². The molecular weight excluding hydrogens is 508 g/mol. The van der Waals surface area contributed by atoms with Crippen LogP contribution in [0.25, 0.3) is 17.4 Å². The van der Waals surface area contributed by atoms with Crippen LogP contribution in [-0.4, -0.2) is 11.1 Å². The van der Waals surface area contributed by atoms with Gasteiger partial charge in [0.15, 0.2) is 5.17 Å². The lowest BCUT2D eigenvalue weighted by Gasteiger charge is -2.08. The summed E-state index contributed by atoms with van der Waals surface area (Å²) in [5, 5.41) is 3.54. The molecule has 4 rings (SSSR count). The highest BCUT2D eigenvalue weighted by atomic mass is 35.5. The predicted octanol–water partition coefficient (Wildman–Crippen LogP) is 7.82. The Kier molecular flexibility index (Phi) is 6.31. The Hall–Kier alpha value is -2.39. The van der Waals surface area contributed by atoms with Gasteiger partial charge in [0, 0.05) is 16.7 Å². The normalized spacial score (nSPS) is 16.8. The van der Waals surface area contributed by atoms with Crippen molar-refractivity contribution in [2.45, 2.75) is 6.18 Å². The summed E-state index contributed by atoms with van der Waals surface area (Å²) in [7, 11) is 0. The molecule has 0 spiro atoms. The molecule has 2 heterocycles. The van der Waals surface area contributed by atoms with E-state index in [1.807, 2.05) is 0 Å². The number of amidine groups is 1. The monoisotopic (exact) mass is 516 g/mol. The van der Waals surface area contributed by atoms with E-state index in [-0.39, 0.29) is 20.8 Å². The highest BCUT2D eigenvalue weighted by molar-refractivity contribution is 8.18. The molecule has 1 saturated heterocycles. The number of benzene rings is 2. The Balaban J connectivity index is 1.59. The molecule has 1 fully saturated rings. The largest absolute Gasteiger partial charge is 0.457 e. The van der Waals surface area contributed by atoms with Crippen LogP contribution in [0, 0.1) is 0 Å². The quantitative estimate of drug-likeness (QED) is 0.360. The van der Waals surface area contributed by atoms with Gasteiger partial charge in [-0.1, -0.05) is 34.8 Å². The zero-order valence-electron chi connectivity index (χ0n) is 15.6. The van der Waals surface area contributed by atoms with E-state index >= 15 is 0 Å². The lowest BCUT2D eigenvalue weighted by atomic mass is 10.2. The van der Waals surface area contributed by atoms with E-state index in [9.17, 15) is 18.0 Å². The van der Waals surface area contributed by atoms with E-state index in [4.69, 9.17) is 39.2 Å². The first-order valence-corrected chi connectivity index (χ1v) is 10.8. The van der Waals surface area contributed by atoms with Crippen LogP contribution in [0.2, 0.25) is 15.1 Å². The Morgan fingerprint density at radius 3 is 2.50 bits per heavy atom. The fourth-order valence-corrected chi connectivity index (χ4v) is 4.11. The van der Waals surface area contributed by atoms with Crippen LogP contribution in [-0.2, 0) is 11.0 Å².